The lowest BCUT2D eigenvalue weighted by Crippen LogP contribution is -2.26. The SMILES string of the molecule is COc1ccnc(NC2CCC(c3ccccc3)CC2)n1. The van der Waals surface area contributed by atoms with Gasteiger partial charge in [-0.2, -0.15) is 4.98 Å². The topological polar surface area (TPSA) is 47.0 Å². The van der Waals surface area contributed by atoms with Crippen molar-refractivity contribution in [2.75, 3.05) is 12.4 Å². The van der Waals surface area contributed by atoms with E-state index in [0.29, 0.717) is 23.8 Å². The minimum atomic E-state index is 0.456. The fraction of sp³-hybridized carbons (Fsp3) is 0.412. The normalized spacial score (nSPS) is 21.8. The number of hydrogen-bond acceptors (Lipinski definition) is 4. The molecule has 0 radical (unpaired) electrons. The van der Waals surface area contributed by atoms with Gasteiger partial charge >= 0.3 is 0 Å². The van der Waals surface area contributed by atoms with E-state index in [1.54, 1.807) is 19.4 Å². The molecule has 0 unspecified atom stereocenters. The quantitative estimate of drug-likeness (QED) is 0.931. The Balaban J connectivity index is 1.56. The number of methoxy groups -OCH3 is 1. The summed E-state index contributed by atoms with van der Waals surface area (Å²) in [7, 11) is 1.62. The van der Waals surface area contributed by atoms with Crippen molar-refractivity contribution in [1.82, 2.24) is 9.97 Å². The van der Waals surface area contributed by atoms with Gasteiger partial charge in [0.25, 0.3) is 0 Å². The second-order valence-corrected chi connectivity index (χ2v) is 5.53. The second kappa shape index (κ2) is 6.57. The summed E-state index contributed by atoms with van der Waals surface area (Å²) in [5.74, 6) is 1.96. The van der Waals surface area contributed by atoms with Crippen LogP contribution in [0.25, 0.3) is 0 Å². The molecule has 3 rings (SSSR count). The lowest BCUT2D eigenvalue weighted by molar-refractivity contribution is 0.394. The molecule has 110 valence electrons. The molecule has 0 aliphatic heterocycles. The van der Waals surface area contributed by atoms with Crippen LogP contribution in [0.15, 0.2) is 42.6 Å². The molecule has 1 aliphatic rings. The van der Waals surface area contributed by atoms with E-state index in [2.05, 4.69) is 45.6 Å². The molecule has 1 saturated carbocycles. The highest BCUT2D eigenvalue weighted by Gasteiger charge is 2.22. The number of nitrogens with one attached hydrogen (secondary N) is 1. The van der Waals surface area contributed by atoms with Gasteiger partial charge in [0.05, 0.1) is 7.11 Å². The molecule has 0 atom stereocenters. The second-order valence-electron chi connectivity index (χ2n) is 5.53. The average Bonchev–Trinajstić information content (AvgIpc) is 2.56. The van der Waals surface area contributed by atoms with Crippen LogP contribution in [0, 0.1) is 0 Å². The van der Waals surface area contributed by atoms with Crippen molar-refractivity contribution < 1.29 is 4.74 Å². The lowest BCUT2D eigenvalue weighted by atomic mass is 9.82. The van der Waals surface area contributed by atoms with Gasteiger partial charge in [-0.25, -0.2) is 4.98 Å². The van der Waals surface area contributed by atoms with Crippen molar-refractivity contribution in [3.63, 3.8) is 0 Å². The molecule has 4 heteroatoms. The highest BCUT2D eigenvalue weighted by Crippen LogP contribution is 2.33. The zero-order valence-corrected chi connectivity index (χ0v) is 12.3. The van der Waals surface area contributed by atoms with Gasteiger partial charge in [0.1, 0.15) is 0 Å². The average molecular weight is 283 g/mol. The van der Waals surface area contributed by atoms with E-state index in [0.717, 1.165) is 12.8 Å². The van der Waals surface area contributed by atoms with Crippen LogP contribution in [0.5, 0.6) is 5.88 Å². The maximum absolute atomic E-state index is 5.13. The third kappa shape index (κ3) is 3.51. The summed E-state index contributed by atoms with van der Waals surface area (Å²) >= 11 is 0. The summed E-state index contributed by atoms with van der Waals surface area (Å²) in [6.45, 7) is 0. The number of benzene rings is 1. The van der Waals surface area contributed by atoms with Crippen molar-refractivity contribution in [1.29, 1.82) is 0 Å². The molecule has 0 amide bonds. The molecular formula is C17H21N3O. The Labute approximate surface area is 125 Å². The molecule has 0 spiro atoms. The van der Waals surface area contributed by atoms with Crippen LogP contribution in [0.3, 0.4) is 0 Å². The molecule has 1 heterocycles. The van der Waals surface area contributed by atoms with Gasteiger partial charge in [-0.3, -0.25) is 0 Å². The standard InChI is InChI=1S/C17H21N3O/c1-21-16-11-12-18-17(20-16)19-15-9-7-14(8-10-15)13-5-3-2-4-6-13/h2-6,11-12,14-15H,7-10H2,1H3,(H,18,19,20). The minimum Gasteiger partial charge on any atom is -0.481 e. The maximum Gasteiger partial charge on any atom is 0.226 e. The molecule has 21 heavy (non-hydrogen) atoms. The highest BCUT2D eigenvalue weighted by atomic mass is 16.5. The van der Waals surface area contributed by atoms with Crippen LogP contribution in [-0.4, -0.2) is 23.1 Å². The van der Waals surface area contributed by atoms with Gasteiger partial charge in [-0.05, 0) is 37.2 Å². The van der Waals surface area contributed by atoms with Gasteiger partial charge in [0, 0.05) is 18.3 Å². The van der Waals surface area contributed by atoms with Gasteiger partial charge in [0.15, 0.2) is 0 Å². The van der Waals surface area contributed by atoms with Crippen LogP contribution < -0.4 is 10.1 Å². The Kier molecular flexibility index (Phi) is 4.34. The van der Waals surface area contributed by atoms with Gasteiger partial charge in [-0.1, -0.05) is 30.3 Å². The largest absolute Gasteiger partial charge is 0.481 e. The van der Waals surface area contributed by atoms with E-state index in [1.165, 1.54) is 18.4 Å². The molecule has 0 saturated heterocycles. The van der Waals surface area contributed by atoms with Crippen molar-refractivity contribution in [3.8, 4) is 5.88 Å². The Morgan fingerprint density at radius 3 is 2.52 bits per heavy atom. The monoisotopic (exact) mass is 283 g/mol. The zero-order chi connectivity index (χ0) is 14.5. The highest BCUT2D eigenvalue weighted by molar-refractivity contribution is 5.29. The molecule has 1 fully saturated rings. The molecule has 1 aromatic carbocycles. The summed E-state index contributed by atoms with van der Waals surface area (Å²) in [6.07, 6.45) is 6.46. The van der Waals surface area contributed by atoms with Gasteiger partial charge in [-0.15, -0.1) is 0 Å². The molecule has 1 aliphatic carbocycles. The number of nitrogens with zero attached hydrogens (tertiary/aromatic N) is 2. The van der Waals surface area contributed by atoms with Crippen molar-refractivity contribution in [3.05, 3.63) is 48.2 Å². The third-order valence-corrected chi connectivity index (χ3v) is 4.17. The predicted molar refractivity (Wildman–Crippen MR) is 83.6 cm³/mol. The van der Waals surface area contributed by atoms with Gasteiger partial charge in [0.2, 0.25) is 11.8 Å². The van der Waals surface area contributed by atoms with Crippen LogP contribution in [-0.2, 0) is 0 Å². The predicted octanol–water partition coefficient (Wildman–Crippen LogP) is 3.62. The van der Waals surface area contributed by atoms with E-state index in [1.807, 2.05) is 0 Å². The Hall–Kier alpha value is -2.10. The Bertz CT molecular complexity index is 565. The third-order valence-electron chi connectivity index (χ3n) is 4.17. The first kappa shape index (κ1) is 13.9. The van der Waals surface area contributed by atoms with Gasteiger partial charge < -0.3 is 10.1 Å². The fourth-order valence-corrected chi connectivity index (χ4v) is 3.00. The molecule has 2 aromatic rings. The fourth-order valence-electron chi connectivity index (χ4n) is 3.00. The smallest absolute Gasteiger partial charge is 0.226 e. The van der Waals surface area contributed by atoms with E-state index in [-0.39, 0.29) is 0 Å². The zero-order valence-electron chi connectivity index (χ0n) is 12.3. The first-order valence-electron chi connectivity index (χ1n) is 7.53. The van der Waals surface area contributed by atoms with E-state index in [9.17, 15) is 0 Å². The molecular weight excluding hydrogens is 262 g/mol. The Morgan fingerprint density at radius 1 is 1.05 bits per heavy atom. The van der Waals surface area contributed by atoms with E-state index < -0.39 is 0 Å². The number of anilines is 1. The molecule has 1 aromatic heterocycles. The van der Waals surface area contributed by atoms with Crippen molar-refractivity contribution in [2.45, 2.75) is 37.6 Å². The van der Waals surface area contributed by atoms with Crippen molar-refractivity contribution >= 4 is 5.95 Å². The first-order chi connectivity index (χ1) is 10.3. The van der Waals surface area contributed by atoms with Crippen LogP contribution in [0.4, 0.5) is 5.95 Å². The summed E-state index contributed by atoms with van der Waals surface area (Å²) in [5, 5.41) is 3.43. The van der Waals surface area contributed by atoms with Crippen LogP contribution >= 0.6 is 0 Å². The van der Waals surface area contributed by atoms with Crippen LogP contribution in [0.2, 0.25) is 0 Å². The summed E-state index contributed by atoms with van der Waals surface area (Å²) < 4.78 is 5.13. The minimum absolute atomic E-state index is 0.456. The van der Waals surface area contributed by atoms with E-state index >= 15 is 0 Å². The number of aromatic nitrogens is 2. The molecule has 4 nitrogen and oxygen atoms in total. The Morgan fingerprint density at radius 2 is 1.81 bits per heavy atom. The summed E-state index contributed by atoms with van der Waals surface area (Å²) in [4.78, 5) is 8.57. The lowest BCUT2D eigenvalue weighted by Gasteiger charge is -2.29. The summed E-state index contributed by atoms with van der Waals surface area (Å²) in [5.41, 5.74) is 1.47. The number of ether oxygens (including phenoxy) is 1. The van der Waals surface area contributed by atoms with Crippen molar-refractivity contribution in [2.24, 2.45) is 0 Å². The maximum atomic E-state index is 5.13. The molecule has 0 bridgehead atoms. The van der Waals surface area contributed by atoms with E-state index in [4.69, 9.17) is 4.74 Å². The number of rotatable bonds is 4. The molecule has 1 N–H and O–H groups in total. The first-order valence-corrected chi connectivity index (χ1v) is 7.53. The summed E-state index contributed by atoms with van der Waals surface area (Å²) in [6, 6.07) is 13.0. The number of hydrogen-bond donors (Lipinski definition) is 1. The van der Waals surface area contributed by atoms with Crippen LogP contribution in [0.1, 0.15) is 37.2 Å².